The van der Waals surface area contributed by atoms with E-state index in [1.165, 1.54) is 0 Å². The van der Waals surface area contributed by atoms with Gasteiger partial charge in [0.1, 0.15) is 0 Å². The van der Waals surface area contributed by atoms with Crippen molar-refractivity contribution in [2.45, 2.75) is 19.8 Å². The molecule has 0 unspecified atom stereocenters. The summed E-state index contributed by atoms with van der Waals surface area (Å²) in [5, 5.41) is 1.73. The first-order valence-electron chi connectivity index (χ1n) is 12.7. The molecule has 1 saturated heterocycles. The van der Waals surface area contributed by atoms with Gasteiger partial charge in [0.2, 0.25) is 5.91 Å². The maximum absolute atomic E-state index is 13.3. The maximum atomic E-state index is 13.3. The third kappa shape index (κ3) is 4.00. The largest absolute Gasteiger partial charge is 0.312 e. The van der Waals surface area contributed by atoms with E-state index in [2.05, 4.69) is 28.7 Å². The summed E-state index contributed by atoms with van der Waals surface area (Å²) in [5.74, 6) is 0.137. The Balaban J connectivity index is 1.53. The molecule has 6 heteroatoms. The standard InChI is InChI=1S/C32H26N4O2/c1-3-6-28-21(4-2)17-24(20-33-28)22-8-14-29-27(18-22)32-23(19-34-29)9-15-31(38)36(32)26-12-10-25(11-13-26)35-16-5-7-30(35)37/h3-4,6,8-15,17-20H,2,5,7,16H2,1H3. The van der Waals surface area contributed by atoms with Gasteiger partial charge in [0.05, 0.1) is 16.7 Å². The van der Waals surface area contributed by atoms with E-state index in [4.69, 9.17) is 0 Å². The van der Waals surface area contributed by atoms with Gasteiger partial charge in [-0.1, -0.05) is 24.8 Å². The molecule has 4 heterocycles. The van der Waals surface area contributed by atoms with E-state index >= 15 is 0 Å². The summed E-state index contributed by atoms with van der Waals surface area (Å²) in [7, 11) is 0. The Bertz CT molecular complexity index is 1820. The Morgan fingerprint density at radius 2 is 1.71 bits per heavy atom. The minimum atomic E-state index is -0.133. The Kier molecular flexibility index (Phi) is 5.92. The van der Waals surface area contributed by atoms with Crippen molar-refractivity contribution < 1.29 is 4.79 Å². The lowest BCUT2D eigenvalue weighted by atomic mass is 10.0. The number of nitrogens with zero attached hydrogens (tertiary/aromatic N) is 4. The fourth-order valence-electron chi connectivity index (χ4n) is 5.16. The third-order valence-electron chi connectivity index (χ3n) is 7.04. The number of amides is 1. The monoisotopic (exact) mass is 498 g/mol. The van der Waals surface area contributed by atoms with E-state index in [0.29, 0.717) is 6.42 Å². The molecule has 6 rings (SSSR count). The van der Waals surface area contributed by atoms with Crippen LogP contribution in [0.1, 0.15) is 31.0 Å². The number of allylic oxidation sites excluding steroid dienone is 1. The first-order valence-corrected chi connectivity index (χ1v) is 12.7. The number of fused-ring (bicyclic) bond motifs is 3. The molecule has 0 radical (unpaired) electrons. The van der Waals surface area contributed by atoms with E-state index in [1.807, 2.05) is 67.7 Å². The van der Waals surface area contributed by atoms with Crippen molar-refractivity contribution in [1.29, 1.82) is 0 Å². The molecule has 0 spiro atoms. The van der Waals surface area contributed by atoms with Gasteiger partial charge in [-0.3, -0.25) is 24.1 Å². The normalized spacial score (nSPS) is 13.7. The van der Waals surface area contributed by atoms with Crippen molar-refractivity contribution in [2.24, 2.45) is 0 Å². The maximum Gasteiger partial charge on any atom is 0.255 e. The average Bonchev–Trinajstić information content (AvgIpc) is 3.39. The van der Waals surface area contributed by atoms with Crippen LogP contribution in [0.25, 0.3) is 50.8 Å². The molecule has 3 aromatic heterocycles. The van der Waals surface area contributed by atoms with Gasteiger partial charge in [0, 0.05) is 64.7 Å². The molecule has 2 aromatic carbocycles. The van der Waals surface area contributed by atoms with Crippen molar-refractivity contribution in [3.05, 3.63) is 107 Å². The molecule has 0 atom stereocenters. The van der Waals surface area contributed by atoms with Crippen LogP contribution in [0.15, 0.2) is 90.5 Å². The molecular formula is C32H26N4O2. The lowest BCUT2D eigenvalue weighted by Gasteiger charge is -2.17. The van der Waals surface area contributed by atoms with Crippen LogP contribution in [0.2, 0.25) is 0 Å². The van der Waals surface area contributed by atoms with Crippen LogP contribution in [-0.4, -0.2) is 27.0 Å². The van der Waals surface area contributed by atoms with Crippen LogP contribution >= 0.6 is 0 Å². The number of hydrogen-bond acceptors (Lipinski definition) is 4. The molecule has 0 saturated carbocycles. The minimum absolute atomic E-state index is 0.133. The first-order chi connectivity index (χ1) is 18.6. The lowest BCUT2D eigenvalue weighted by Crippen LogP contribution is -2.23. The fourth-order valence-corrected chi connectivity index (χ4v) is 5.16. The quantitative estimate of drug-likeness (QED) is 0.263. The summed E-state index contributed by atoms with van der Waals surface area (Å²) < 4.78 is 1.72. The molecule has 6 nitrogen and oxygen atoms in total. The minimum Gasteiger partial charge on any atom is -0.312 e. The summed E-state index contributed by atoms with van der Waals surface area (Å²) in [6, 6.07) is 19.1. The van der Waals surface area contributed by atoms with Crippen LogP contribution < -0.4 is 10.5 Å². The molecule has 186 valence electrons. The van der Waals surface area contributed by atoms with Crippen molar-refractivity contribution in [3.8, 4) is 16.8 Å². The summed E-state index contributed by atoms with van der Waals surface area (Å²) >= 11 is 0. The molecule has 0 N–H and O–H groups in total. The van der Waals surface area contributed by atoms with Crippen LogP contribution in [0.4, 0.5) is 5.69 Å². The molecular weight excluding hydrogens is 472 g/mol. The molecule has 0 bridgehead atoms. The Labute approximate surface area is 220 Å². The van der Waals surface area contributed by atoms with Crippen molar-refractivity contribution in [3.63, 3.8) is 0 Å². The number of pyridine rings is 3. The zero-order valence-electron chi connectivity index (χ0n) is 21.1. The lowest BCUT2D eigenvalue weighted by molar-refractivity contribution is -0.117. The highest BCUT2D eigenvalue weighted by Crippen LogP contribution is 2.31. The van der Waals surface area contributed by atoms with E-state index in [1.54, 1.807) is 27.8 Å². The van der Waals surface area contributed by atoms with Crippen molar-refractivity contribution in [2.75, 3.05) is 11.4 Å². The number of carbonyl (C=O) groups excluding carboxylic acids is 1. The van der Waals surface area contributed by atoms with Crippen LogP contribution in [0, 0.1) is 0 Å². The molecule has 5 aromatic rings. The number of rotatable bonds is 5. The third-order valence-corrected chi connectivity index (χ3v) is 7.04. The molecule has 1 aliphatic rings. The van der Waals surface area contributed by atoms with Gasteiger partial charge in [-0.2, -0.15) is 0 Å². The molecule has 0 aliphatic carbocycles. The smallest absolute Gasteiger partial charge is 0.255 e. The summed E-state index contributed by atoms with van der Waals surface area (Å²) in [6.07, 6.45) is 10.8. The Hall–Kier alpha value is -4.84. The molecule has 1 fully saturated rings. The predicted molar refractivity (Wildman–Crippen MR) is 154 cm³/mol. The molecule has 38 heavy (non-hydrogen) atoms. The van der Waals surface area contributed by atoms with Gasteiger partial charge in [0.15, 0.2) is 0 Å². The second-order valence-electron chi connectivity index (χ2n) is 9.37. The van der Waals surface area contributed by atoms with E-state index < -0.39 is 0 Å². The summed E-state index contributed by atoms with van der Waals surface area (Å²) in [5.41, 5.74) is 6.78. The number of benzene rings is 2. The zero-order valence-corrected chi connectivity index (χ0v) is 21.1. The first kappa shape index (κ1) is 23.6. The number of hydrogen-bond donors (Lipinski definition) is 0. The highest BCUT2D eigenvalue weighted by Gasteiger charge is 2.21. The summed E-state index contributed by atoms with van der Waals surface area (Å²) in [6.45, 7) is 6.63. The Morgan fingerprint density at radius 1 is 0.895 bits per heavy atom. The van der Waals surface area contributed by atoms with Crippen LogP contribution in [0.3, 0.4) is 0 Å². The van der Waals surface area contributed by atoms with Gasteiger partial charge in [-0.05, 0) is 73.5 Å². The highest BCUT2D eigenvalue weighted by atomic mass is 16.2. The van der Waals surface area contributed by atoms with Gasteiger partial charge in [0.25, 0.3) is 5.56 Å². The van der Waals surface area contributed by atoms with E-state index in [0.717, 1.165) is 68.5 Å². The summed E-state index contributed by atoms with van der Waals surface area (Å²) in [4.78, 5) is 36.5. The molecule has 1 amide bonds. The van der Waals surface area contributed by atoms with Gasteiger partial charge in [-0.15, -0.1) is 0 Å². The van der Waals surface area contributed by atoms with E-state index in [9.17, 15) is 9.59 Å². The topological polar surface area (TPSA) is 68.1 Å². The fraction of sp³-hybridized carbons (Fsp3) is 0.125. The molecule has 1 aliphatic heterocycles. The highest BCUT2D eigenvalue weighted by molar-refractivity contribution is 6.05. The Morgan fingerprint density at radius 3 is 2.45 bits per heavy atom. The SMILES string of the molecule is C=Cc1cc(-c2ccc3ncc4ccc(=O)n(-c5ccc(N6CCCC6=O)cc5)c4c3c2)cnc1C=CC. The number of carbonyl (C=O) groups is 1. The zero-order chi connectivity index (χ0) is 26.2. The van der Waals surface area contributed by atoms with E-state index in [-0.39, 0.29) is 11.5 Å². The number of anilines is 1. The van der Waals surface area contributed by atoms with Crippen molar-refractivity contribution >= 4 is 45.6 Å². The van der Waals surface area contributed by atoms with Gasteiger partial charge < -0.3 is 4.90 Å². The van der Waals surface area contributed by atoms with Gasteiger partial charge >= 0.3 is 0 Å². The van der Waals surface area contributed by atoms with Gasteiger partial charge in [-0.25, -0.2) is 0 Å². The predicted octanol–water partition coefficient (Wildman–Crippen LogP) is 6.40. The van der Waals surface area contributed by atoms with Crippen LogP contribution in [0.5, 0.6) is 0 Å². The van der Waals surface area contributed by atoms with Crippen LogP contribution in [-0.2, 0) is 4.79 Å². The number of aromatic nitrogens is 3. The average molecular weight is 499 g/mol. The second-order valence-corrected chi connectivity index (χ2v) is 9.37. The second kappa shape index (κ2) is 9.56. The van der Waals surface area contributed by atoms with Crippen molar-refractivity contribution in [1.82, 2.24) is 14.5 Å².